The fourth-order valence-corrected chi connectivity index (χ4v) is 5.08. The predicted octanol–water partition coefficient (Wildman–Crippen LogP) is 5.89. The smallest absolute Gasteiger partial charge is 0.0538 e. The molecule has 0 heterocycles. The predicted molar refractivity (Wildman–Crippen MR) is 118 cm³/mol. The van der Waals surface area contributed by atoms with E-state index in [0.717, 1.165) is 0 Å². The molecular weight excluding hydrogens is 340 g/mol. The van der Waals surface area contributed by atoms with Crippen molar-refractivity contribution in [2.75, 3.05) is 31.6 Å². The third-order valence-corrected chi connectivity index (χ3v) is 6.91. The summed E-state index contributed by atoms with van der Waals surface area (Å²) < 4.78 is 0. The van der Waals surface area contributed by atoms with Gasteiger partial charge in [-0.3, -0.25) is 0 Å². The molecule has 1 nitrogen and oxygen atoms in total. The lowest BCUT2D eigenvalue weighted by atomic mass is 10.2. The molecule has 0 aliphatic rings. The van der Waals surface area contributed by atoms with Crippen LogP contribution in [0, 0.1) is 0 Å². The Morgan fingerprint density at radius 3 is 1.36 bits per heavy atom. The maximum Gasteiger partial charge on any atom is 0.0538 e. The van der Waals surface area contributed by atoms with Gasteiger partial charge in [0.2, 0.25) is 0 Å². The van der Waals surface area contributed by atoms with Crippen LogP contribution in [0.4, 0.5) is 17.1 Å². The molecule has 0 bridgehead atoms. The van der Waals surface area contributed by atoms with Crippen molar-refractivity contribution in [3.63, 3.8) is 0 Å². The average molecular weight is 365 g/mol. The van der Waals surface area contributed by atoms with Gasteiger partial charge >= 0.3 is 0 Å². The maximum absolute atomic E-state index is 2.44. The van der Waals surface area contributed by atoms with E-state index in [1.807, 2.05) is 0 Å². The van der Waals surface area contributed by atoms with E-state index < -0.39 is 0 Å². The van der Waals surface area contributed by atoms with E-state index in [2.05, 4.69) is 110 Å². The maximum atomic E-state index is 2.44. The number of para-hydroxylation sites is 3. The molecule has 0 atom stereocenters. The Labute approximate surface area is 154 Å². The highest BCUT2D eigenvalue weighted by Gasteiger charge is 2.20. The minimum absolute atomic E-state index is 0.191. The fraction of sp³-hybridized carbons (Fsp3) is 0.182. The van der Waals surface area contributed by atoms with Crippen LogP contribution in [0.2, 0.25) is 0 Å². The Balaban J connectivity index is 2.27. The van der Waals surface area contributed by atoms with Crippen LogP contribution in [-0.2, 0) is 0 Å². The number of nitrogens with zero attached hydrogens (tertiary/aromatic N) is 1. The minimum Gasteiger partial charge on any atom is -0.309 e. The van der Waals surface area contributed by atoms with Crippen molar-refractivity contribution in [3.8, 4) is 0 Å². The summed E-state index contributed by atoms with van der Waals surface area (Å²) in [4.78, 5) is 2.44. The lowest BCUT2D eigenvalue weighted by Crippen LogP contribution is -2.22. The van der Waals surface area contributed by atoms with Crippen LogP contribution in [0.1, 0.15) is 0 Å². The summed E-state index contributed by atoms with van der Waals surface area (Å²) in [6.45, 7) is 9.32. The zero-order chi connectivity index (χ0) is 17.8. The Kier molecular flexibility index (Phi) is 5.89. The normalized spacial score (nSPS) is 11.1. The number of hydrogen-bond donors (Lipinski definition) is 0. The first-order chi connectivity index (χ1) is 12.1. The minimum atomic E-state index is -0.191. The van der Waals surface area contributed by atoms with Crippen molar-refractivity contribution in [3.05, 3.63) is 78.9 Å². The van der Waals surface area contributed by atoms with Crippen molar-refractivity contribution >= 4 is 43.5 Å². The lowest BCUT2D eigenvalue weighted by molar-refractivity contribution is 1.30. The third kappa shape index (κ3) is 3.95. The molecule has 0 amide bonds. The van der Waals surface area contributed by atoms with Gasteiger partial charge in [0, 0.05) is 5.69 Å². The first kappa shape index (κ1) is 18.1. The molecule has 0 spiro atoms. The summed E-state index contributed by atoms with van der Waals surface area (Å²) in [7, 11) is -0.382. The van der Waals surface area contributed by atoms with Crippen LogP contribution in [0.25, 0.3) is 0 Å². The number of rotatable bonds is 5. The zero-order valence-electron chi connectivity index (χ0n) is 15.3. The number of benzene rings is 3. The summed E-state index contributed by atoms with van der Waals surface area (Å²) in [5, 5.41) is 2.88. The van der Waals surface area contributed by atoms with Crippen molar-refractivity contribution in [2.45, 2.75) is 0 Å². The van der Waals surface area contributed by atoms with Gasteiger partial charge in [0.25, 0.3) is 0 Å². The highest BCUT2D eigenvalue weighted by molar-refractivity contribution is 7.64. The average Bonchev–Trinajstić information content (AvgIpc) is 2.63. The van der Waals surface area contributed by atoms with E-state index in [4.69, 9.17) is 0 Å². The van der Waals surface area contributed by atoms with Gasteiger partial charge in [-0.15, -0.1) is 0 Å². The third-order valence-electron chi connectivity index (χ3n) is 4.22. The summed E-state index contributed by atoms with van der Waals surface area (Å²) in [6.07, 6.45) is 0. The molecule has 0 N–H and O–H groups in total. The lowest BCUT2D eigenvalue weighted by Gasteiger charge is -2.31. The molecule has 128 valence electrons. The molecule has 0 aromatic heterocycles. The SMILES string of the molecule is CP(C)c1ccccc1N(c1ccccc1)c1ccccc1P(C)C. The standard InChI is InChI=1S/C22H25NP2/c1-24(2)21-16-10-8-14-19(21)23(18-12-6-5-7-13-18)20-15-9-11-17-22(20)25(3)4/h5-17H,1-4H3. The molecule has 0 unspecified atom stereocenters. The fourth-order valence-electron chi connectivity index (χ4n) is 3.05. The Hall–Kier alpha value is -1.68. The molecule has 0 saturated carbocycles. The van der Waals surface area contributed by atoms with E-state index in [1.165, 1.54) is 27.7 Å². The van der Waals surface area contributed by atoms with Gasteiger partial charge in [-0.1, -0.05) is 70.4 Å². The van der Waals surface area contributed by atoms with E-state index in [0.29, 0.717) is 0 Å². The Morgan fingerprint density at radius 2 is 0.920 bits per heavy atom. The van der Waals surface area contributed by atoms with Gasteiger partial charge in [-0.2, -0.15) is 0 Å². The molecule has 0 fully saturated rings. The van der Waals surface area contributed by atoms with E-state index in [-0.39, 0.29) is 15.8 Å². The van der Waals surface area contributed by atoms with Crippen molar-refractivity contribution in [1.82, 2.24) is 0 Å². The van der Waals surface area contributed by atoms with Gasteiger partial charge < -0.3 is 4.90 Å². The topological polar surface area (TPSA) is 3.24 Å². The second kappa shape index (κ2) is 8.13. The largest absolute Gasteiger partial charge is 0.309 e. The van der Waals surface area contributed by atoms with Crippen LogP contribution in [0.3, 0.4) is 0 Å². The molecule has 25 heavy (non-hydrogen) atoms. The van der Waals surface area contributed by atoms with Crippen LogP contribution < -0.4 is 15.5 Å². The molecule has 3 aromatic carbocycles. The van der Waals surface area contributed by atoms with Crippen molar-refractivity contribution in [2.24, 2.45) is 0 Å². The first-order valence-electron chi connectivity index (χ1n) is 8.47. The Bertz CT molecular complexity index is 777. The van der Waals surface area contributed by atoms with Crippen molar-refractivity contribution in [1.29, 1.82) is 0 Å². The second-order valence-corrected chi connectivity index (χ2v) is 11.0. The molecule has 3 heteroatoms. The monoisotopic (exact) mass is 365 g/mol. The number of hydrogen-bond acceptors (Lipinski definition) is 1. The van der Waals surface area contributed by atoms with E-state index >= 15 is 0 Å². The van der Waals surface area contributed by atoms with Gasteiger partial charge in [-0.25, -0.2) is 0 Å². The van der Waals surface area contributed by atoms with Crippen LogP contribution in [0.5, 0.6) is 0 Å². The quantitative estimate of drug-likeness (QED) is 0.510. The molecule has 0 aliphatic heterocycles. The molecule has 3 aromatic rings. The molecular formula is C22H25NP2. The number of anilines is 3. The first-order valence-corrected chi connectivity index (χ1v) is 12.9. The van der Waals surface area contributed by atoms with E-state index in [9.17, 15) is 0 Å². The van der Waals surface area contributed by atoms with E-state index in [1.54, 1.807) is 0 Å². The van der Waals surface area contributed by atoms with Gasteiger partial charge in [0.15, 0.2) is 0 Å². The highest BCUT2D eigenvalue weighted by Crippen LogP contribution is 2.40. The van der Waals surface area contributed by atoms with Gasteiger partial charge in [0.05, 0.1) is 11.4 Å². The molecule has 3 rings (SSSR count). The second-order valence-electron chi connectivity index (χ2n) is 6.44. The van der Waals surface area contributed by atoms with Gasteiger partial charge in [0.1, 0.15) is 0 Å². The molecule has 0 saturated heterocycles. The van der Waals surface area contributed by atoms with Crippen molar-refractivity contribution < 1.29 is 0 Å². The highest BCUT2D eigenvalue weighted by atomic mass is 31.1. The van der Waals surface area contributed by atoms with Crippen LogP contribution in [-0.4, -0.2) is 26.7 Å². The molecule has 0 aliphatic carbocycles. The zero-order valence-corrected chi connectivity index (χ0v) is 17.1. The summed E-state index contributed by atoms with van der Waals surface area (Å²) in [6, 6.07) is 28.4. The Morgan fingerprint density at radius 1 is 0.520 bits per heavy atom. The summed E-state index contributed by atoms with van der Waals surface area (Å²) in [5.41, 5.74) is 3.82. The van der Waals surface area contributed by atoms with Gasteiger partial charge in [-0.05, 0) is 61.5 Å². The van der Waals surface area contributed by atoms with Crippen LogP contribution >= 0.6 is 15.8 Å². The summed E-state index contributed by atoms with van der Waals surface area (Å²) >= 11 is 0. The van der Waals surface area contributed by atoms with Crippen LogP contribution in [0.15, 0.2) is 78.9 Å². The molecule has 0 radical (unpaired) electrons. The summed E-state index contributed by atoms with van der Waals surface area (Å²) in [5.74, 6) is 0.